The number of carbonyl (C=O) groups excluding carboxylic acids is 2. The molecule has 0 saturated carbocycles. The zero-order chi connectivity index (χ0) is 17.7. The number of anilines is 1. The van der Waals surface area contributed by atoms with Crippen molar-refractivity contribution in [3.63, 3.8) is 0 Å². The van der Waals surface area contributed by atoms with Gasteiger partial charge in [-0.25, -0.2) is 13.2 Å². The predicted octanol–water partition coefficient (Wildman–Crippen LogP) is 0.921. The molecule has 1 unspecified atom stereocenters. The number of carbonyl (C=O) groups is 2. The fourth-order valence-electron chi connectivity index (χ4n) is 2.65. The Morgan fingerprint density at radius 2 is 2.12 bits per heavy atom. The first kappa shape index (κ1) is 18.3. The maximum absolute atomic E-state index is 12.2. The Morgan fingerprint density at radius 1 is 1.38 bits per heavy atom. The van der Waals surface area contributed by atoms with Crippen LogP contribution in [0.25, 0.3) is 0 Å². The van der Waals surface area contributed by atoms with E-state index in [4.69, 9.17) is 0 Å². The molecule has 1 atom stereocenters. The molecule has 1 saturated heterocycles. The molecule has 0 aliphatic carbocycles. The van der Waals surface area contributed by atoms with Gasteiger partial charge in [0.2, 0.25) is 5.91 Å². The van der Waals surface area contributed by atoms with Crippen molar-refractivity contribution in [3.05, 3.63) is 29.8 Å². The highest BCUT2D eigenvalue weighted by Crippen LogP contribution is 2.17. The van der Waals surface area contributed by atoms with Gasteiger partial charge in [0.15, 0.2) is 9.84 Å². The normalized spacial score (nSPS) is 18.8. The summed E-state index contributed by atoms with van der Waals surface area (Å²) < 4.78 is 27.6. The molecular formula is C16H22N2O5S. The highest BCUT2D eigenvalue weighted by atomic mass is 32.2. The van der Waals surface area contributed by atoms with E-state index in [0.29, 0.717) is 18.5 Å². The summed E-state index contributed by atoms with van der Waals surface area (Å²) in [5.41, 5.74) is 1.15. The van der Waals surface area contributed by atoms with Gasteiger partial charge >= 0.3 is 5.97 Å². The van der Waals surface area contributed by atoms with Crippen LogP contribution < -0.4 is 5.32 Å². The molecular weight excluding hydrogens is 332 g/mol. The van der Waals surface area contributed by atoms with E-state index in [9.17, 15) is 18.0 Å². The molecule has 1 aliphatic rings. The summed E-state index contributed by atoms with van der Waals surface area (Å²) in [6.45, 7) is 0.396. The molecule has 0 radical (unpaired) electrons. The first-order valence-corrected chi connectivity index (χ1v) is 9.53. The Labute approximate surface area is 141 Å². The van der Waals surface area contributed by atoms with Crippen LogP contribution in [0.3, 0.4) is 0 Å². The number of amides is 1. The number of esters is 1. The van der Waals surface area contributed by atoms with Crippen LogP contribution >= 0.6 is 0 Å². The zero-order valence-corrected chi connectivity index (χ0v) is 14.6. The van der Waals surface area contributed by atoms with Crippen molar-refractivity contribution in [1.82, 2.24) is 4.90 Å². The van der Waals surface area contributed by atoms with Gasteiger partial charge in [0.25, 0.3) is 0 Å². The summed E-state index contributed by atoms with van der Waals surface area (Å²) in [6.07, 6.45) is 0.745. The van der Waals surface area contributed by atoms with Gasteiger partial charge in [0, 0.05) is 31.7 Å². The number of hydrogen-bond donors (Lipinski definition) is 1. The molecule has 1 aromatic rings. The van der Waals surface area contributed by atoms with Gasteiger partial charge in [0.1, 0.15) is 0 Å². The molecule has 8 heteroatoms. The number of nitrogens with zero attached hydrogens (tertiary/aromatic N) is 1. The van der Waals surface area contributed by atoms with Crippen molar-refractivity contribution in [2.75, 3.05) is 37.5 Å². The summed E-state index contributed by atoms with van der Waals surface area (Å²) in [6, 6.07) is 6.60. The molecule has 0 aromatic heterocycles. The predicted molar refractivity (Wildman–Crippen MR) is 90.7 cm³/mol. The van der Waals surface area contributed by atoms with E-state index in [-0.39, 0.29) is 29.9 Å². The lowest BCUT2D eigenvalue weighted by Crippen LogP contribution is -2.38. The third kappa shape index (κ3) is 4.70. The van der Waals surface area contributed by atoms with Crippen molar-refractivity contribution in [1.29, 1.82) is 0 Å². The fraction of sp³-hybridized carbons (Fsp3) is 0.500. The summed E-state index contributed by atoms with van der Waals surface area (Å²) in [4.78, 5) is 25.2. The Hall–Kier alpha value is -2.09. The number of ether oxygens (including phenoxy) is 1. The molecule has 1 amide bonds. The van der Waals surface area contributed by atoms with E-state index in [1.165, 1.54) is 12.0 Å². The van der Waals surface area contributed by atoms with Crippen LogP contribution in [0.5, 0.6) is 0 Å². The minimum Gasteiger partial charge on any atom is -0.465 e. The lowest BCUT2D eigenvalue weighted by molar-refractivity contribution is -0.131. The number of benzene rings is 1. The minimum atomic E-state index is -3.01. The van der Waals surface area contributed by atoms with E-state index in [1.54, 1.807) is 31.3 Å². The number of nitrogens with one attached hydrogen (secondary N) is 1. The van der Waals surface area contributed by atoms with Crippen LogP contribution in [0.15, 0.2) is 24.3 Å². The largest absolute Gasteiger partial charge is 0.465 e. The first-order valence-electron chi connectivity index (χ1n) is 7.71. The quantitative estimate of drug-likeness (QED) is 0.764. The molecule has 1 N–H and O–H groups in total. The van der Waals surface area contributed by atoms with Crippen molar-refractivity contribution in [2.24, 2.45) is 0 Å². The molecule has 0 bridgehead atoms. The van der Waals surface area contributed by atoms with Gasteiger partial charge in [-0.1, -0.05) is 6.07 Å². The molecule has 2 rings (SSSR count). The second-order valence-electron chi connectivity index (χ2n) is 5.81. The summed E-state index contributed by atoms with van der Waals surface area (Å²) in [5.74, 6) is -0.330. The summed E-state index contributed by atoms with van der Waals surface area (Å²) in [5, 5.41) is 3.08. The first-order chi connectivity index (χ1) is 11.3. The minimum absolute atomic E-state index is 0.0455. The van der Waals surface area contributed by atoms with Gasteiger partial charge in [-0.2, -0.15) is 0 Å². The van der Waals surface area contributed by atoms with Crippen LogP contribution in [0.4, 0.5) is 5.69 Å². The van der Waals surface area contributed by atoms with Crippen molar-refractivity contribution >= 4 is 27.4 Å². The Bertz CT molecular complexity index is 717. The lowest BCUT2D eigenvalue weighted by atomic mass is 10.2. The molecule has 1 heterocycles. The van der Waals surface area contributed by atoms with E-state index in [0.717, 1.165) is 5.69 Å². The third-order valence-electron chi connectivity index (χ3n) is 4.10. The van der Waals surface area contributed by atoms with Crippen molar-refractivity contribution < 1.29 is 22.7 Å². The van der Waals surface area contributed by atoms with E-state index >= 15 is 0 Å². The molecule has 7 nitrogen and oxygen atoms in total. The lowest BCUT2D eigenvalue weighted by Gasteiger charge is -2.23. The standard InChI is InChI=1S/C16H22N2O5S/c1-18(14-7-9-24(21,22)11-14)15(19)6-8-17-13-5-3-4-12(10-13)16(20)23-2/h3-5,10,14,17H,6-9,11H2,1-2H3. The third-order valence-corrected chi connectivity index (χ3v) is 5.85. The van der Waals surface area contributed by atoms with Gasteiger partial charge in [-0.05, 0) is 24.6 Å². The fourth-order valence-corrected chi connectivity index (χ4v) is 4.42. The Kier molecular flexibility index (Phi) is 5.82. The smallest absolute Gasteiger partial charge is 0.337 e. The van der Waals surface area contributed by atoms with E-state index in [2.05, 4.69) is 10.1 Å². The Morgan fingerprint density at radius 3 is 2.75 bits per heavy atom. The van der Waals surface area contributed by atoms with Crippen LogP contribution in [0.1, 0.15) is 23.2 Å². The van der Waals surface area contributed by atoms with E-state index < -0.39 is 15.8 Å². The van der Waals surface area contributed by atoms with Crippen molar-refractivity contribution in [2.45, 2.75) is 18.9 Å². The molecule has 132 valence electrons. The molecule has 0 spiro atoms. The zero-order valence-electron chi connectivity index (χ0n) is 13.8. The second kappa shape index (κ2) is 7.65. The SMILES string of the molecule is COC(=O)c1cccc(NCCC(=O)N(C)C2CCS(=O)(=O)C2)c1. The highest BCUT2D eigenvalue weighted by molar-refractivity contribution is 7.91. The average Bonchev–Trinajstić information content (AvgIpc) is 2.93. The maximum atomic E-state index is 12.2. The highest BCUT2D eigenvalue weighted by Gasteiger charge is 2.32. The van der Waals surface area contributed by atoms with Crippen LogP contribution in [-0.2, 0) is 19.4 Å². The van der Waals surface area contributed by atoms with E-state index in [1.807, 2.05) is 0 Å². The van der Waals surface area contributed by atoms with Crippen LogP contribution in [-0.4, -0.2) is 63.4 Å². The summed E-state index contributed by atoms with van der Waals surface area (Å²) in [7, 11) is -0.0421. The maximum Gasteiger partial charge on any atom is 0.337 e. The number of rotatable bonds is 6. The van der Waals surface area contributed by atoms with Gasteiger partial charge in [-0.15, -0.1) is 0 Å². The van der Waals surface area contributed by atoms with Gasteiger partial charge < -0.3 is 15.0 Å². The monoisotopic (exact) mass is 354 g/mol. The second-order valence-corrected chi connectivity index (χ2v) is 8.04. The van der Waals surface area contributed by atoms with Crippen molar-refractivity contribution in [3.8, 4) is 0 Å². The number of sulfone groups is 1. The van der Waals surface area contributed by atoms with Crippen LogP contribution in [0, 0.1) is 0 Å². The molecule has 24 heavy (non-hydrogen) atoms. The van der Waals surface area contributed by atoms with Gasteiger partial charge in [-0.3, -0.25) is 4.79 Å². The average molecular weight is 354 g/mol. The molecule has 1 aromatic carbocycles. The van der Waals surface area contributed by atoms with Crippen LogP contribution in [0.2, 0.25) is 0 Å². The number of hydrogen-bond acceptors (Lipinski definition) is 6. The topological polar surface area (TPSA) is 92.8 Å². The van der Waals surface area contributed by atoms with Gasteiger partial charge in [0.05, 0.1) is 24.2 Å². The molecule has 1 aliphatic heterocycles. The Balaban J connectivity index is 1.83. The molecule has 1 fully saturated rings. The number of methoxy groups -OCH3 is 1. The summed E-state index contributed by atoms with van der Waals surface area (Å²) >= 11 is 0.